The Labute approximate surface area is 142 Å². The summed E-state index contributed by atoms with van der Waals surface area (Å²) in [5.74, 6) is 1.02. The quantitative estimate of drug-likeness (QED) is 0.549. The van der Waals surface area contributed by atoms with Crippen LogP contribution in [0.25, 0.3) is 0 Å². The van der Waals surface area contributed by atoms with Crippen LogP contribution in [0.15, 0.2) is 58.5 Å². The number of aliphatic imine (C=N–C) groups is 2. The van der Waals surface area contributed by atoms with E-state index in [0.29, 0.717) is 23.2 Å². The molecule has 0 N–H and O–H groups in total. The summed E-state index contributed by atoms with van der Waals surface area (Å²) in [4.78, 5) is 27.7. The lowest BCUT2D eigenvalue weighted by atomic mass is 9.85. The lowest BCUT2D eigenvalue weighted by Crippen LogP contribution is -2.13. The van der Waals surface area contributed by atoms with Crippen LogP contribution >= 0.6 is 0 Å². The SMILES string of the molecule is C[C@H](Cc1ccc(N=C=O)cc1)[C@@H](C)Cc1ccc(N=C=O)cc1. The van der Waals surface area contributed by atoms with E-state index in [1.165, 1.54) is 11.1 Å². The van der Waals surface area contributed by atoms with Crippen molar-refractivity contribution in [1.29, 1.82) is 0 Å². The van der Waals surface area contributed by atoms with Gasteiger partial charge in [-0.15, -0.1) is 0 Å². The van der Waals surface area contributed by atoms with E-state index in [2.05, 4.69) is 23.8 Å². The van der Waals surface area contributed by atoms with Gasteiger partial charge >= 0.3 is 0 Å². The van der Waals surface area contributed by atoms with E-state index in [-0.39, 0.29) is 0 Å². The first-order chi connectivity index (χ1) is 11.6. The summed E-state index contributed by atoms with van der Waals surface area (Å²) in [5.41, 5.74) is 3.73. The molecule has 0 radical (unpaired) electrons. The van der Waals surface area contributed by atoms with Gasteiger partial charge in [0.25, 0.3) is 0 Å². The average Bonchev–Trinajstić information content (AvgIpc) is 2.59. The standard InChI is InChI=1S/C20H20N2O2/c1-15(11-17-3-7-19(8-4-17)21-13-23)16(2)12-18-5-9-20(10-6-18)22-14-24/h3-10,15-16H,11-12H2,1-2H3/t15-,16+. The molecule has 0 fully saturated rings. The minimum atomic E-state index is 0.512. The highest BCUT2D eigenvalue weighted by Gasteiger charge is 2.13. The molecular formula is C20H20N2O2. The molecule has 0 aliphatic carbocycles. The fraction of sp³-hybridized carbons (Fsp3) is 0.300. The molecule has 0 spiro atoms. The monoisotopic (exact) mass is 320 g/mol. The first-order valence-corrected chi connectivity index (χ1v) is 7.96. The van der Waals surface area contributed by atoms with Gasteiger partial charge in [0.15, 0.2) is 0 Å². The van der Waals surface area contributed by atoms with Gasteiger partial charge in [0.05, 0.1) is 11.4 Å². The van der Waals surface area contributed by atoms with Crippen LogP contribution in [0.3, 0.4) is 0 Å². The molecule has 0 bridgehead atoms. The summed E-state index contributed by atoms with van der Waals surface area (Å²) in [5, 5.41) is 0. The summed E-state index contributed by atoms with van der Waals surface area (Å²) < 4.78 is 0. The van der Waals surface area contributed by atoms with Crippen LogP contribution in [-0.2, 0) is 22.4 Å². The first-order valence-electron chi connectivity index (χ1n) is 7.96. The second-order valence-corrected chi connectivity index (χ2v) is 6.10. The molecule has 24 heavy (non-hydrogen) atoms. The van der Waals surface area contributed by atoms with Gasteiger partial charge in [-0.05, 0) is 60.1 Å². The lowest BCUT2D eigenvalue weighted by Gasteiger charge is -2.20. The number of nitrogens with zero attached hydrogens (tertiary/aromatic N) is 2. The molecule has 122 valence electrons. The Balaban J connectivity index is 1.94. The normalized spacial score (nSPS) is 12.6. The van der Waals surface area contributed by atoms with Crippen molar-refractivity contribution in [2.75, 3.05) is 0 Å². The summed E-state index contributed by atoms with van der Waals surface area (Å²) in [6.07, 6.45) is 5.04. The van der Waals surface area contributed by atoms with Gasteiger partial charge in [-0.2, -0.15) is 9.98 Å². The predicted molar refractivity (Wildman–Crippen MR) is 94.2 cm³/mol. The van der Waals surface area contributed by atoms with Crippen LogP contribution in [0.2, 0.25) is 0 Å². The fourth-order valence-corrected chi connectivity index (χ4v) is 2.66. The molecule has 2 aromatic carbocycles. The second kappa shape index (κ2) is 8.73. The van der Waals surface area contributed by atoms with E-state index in [0.717, 1.165) is 12.8 Å². The number of hydrogen-bond acceptors (Lipinski definition) is 4. The number of hydrogen-bond donors (Lipinski definition) is 0. The molecule has 4 nitrogen and oxygen atoms in total. The third-order valence-electron chi connectivity index (χ3n) is 4.31. The molecular weight excluding hydrogens is 300 g/mol. The molecule has 0 aromatic heterocycles. The Morgan fingerprint density at radius 1 is 0.708 bits per heavy atom. The van der Waals surface area contributed by atoms with Gasteiger partial charge in [0.2, 0.25) is 12.2 Å². The maximum absolute atomic E-state index is 10.2. The van der Waals surface area contributed by atoms with Crippen LogP contribution < -0.4 is 0 Å². The average molecular weight is 320 g/mol. The van der Waals surface area contributed by atoms with Crippen LogP contribution in [0.5, 0.6) is 0 Å². The largest absolute Gasteiger partial charge is 0.240 e. The molecule has 2 rings (SSSR count). The third kappa shape index (κ3) is 5.13. The predicted octanol–water partition coefficient (Wildman–Crippen LogP) is 4.68. The van der Waals surface area contributed by atoms with Crippen molar-refractivity contribution in [3.05, 3.63) is 59.7 Å². The highest BCUT2D eigenvalue weighted by molar-refractivity contribution is 5.49. The summed E-state index contributed by atoms with van der Waals surface area (Å²) in [6.45, 7) is 4.49. The van der Waals surface area contributed by atoms with Crippen molar-refractivity contribution < 1.29 is 9.59 Å². The zero-order valence-electron chi connectivity index (χ0n) is 13.9. The maximum atomic E-state index is 10.2. The topological polar surface area (TPSA) is 58.9 Å². The number of benzene rings is 2. The Kier molecular flexibility index (Phi) is 6.39. The highest BCUT2D eigenvalue weighted by Crippen LogP contribution is 2.23. The Hall–Kier alpha value is -2.80. The molecule has 0 saturated carbocycles. The highest BCUT2D eigenvalue weighted by atomic mass is 16.1. The van der Waals surface area contributed by atoms with Crippen molar-refractivity contribution in [2.24, 2.45) is 21.8 Å². The van der Waals surface area contributed by atoms with Crippen molar-refractivity contribution in [3.8, 4) is 0 Å². The molecule has 0 unspecified atom stereocenters. The summed E-state index contributed by atoms with van der Waals surface area (Å²) in [6, 6.07) is 15.4. The zero-order valence-corrected chi connectivity index (χ0v) is 13.9. The molecule has 0 aliphatic rings. The van der Waals surface area contributed by atoms with Gasteiger partial charge in [-0.3, -0.25) is 0 Å². The van der Waals surface area contributed by atoms with E-state index in [1.807, 2.05) is 48.5 Å². The van der Waals surface area contributed by atoms with E-state index < -0.39 is 0 Å². The molecule has 0 amide bonds. The Morgan fingerprint density at radius 2 is 1.04 bits per heavy atom. The van der Waals surface area contributed by atoms with E-state index >= 15 is 0 Å². The zero-order chi connectivity index (χ0) is 17.4. The van der Waals surface area contributed by atoms with E-state index in [9.17, 15) is 9.59 Å². The summed E-state index contributed by atoms with van der Waals surface area (Å²) in [7, 11) is 0. The molecule has 2 aromatic rings. The van der Waals surface area contributed by atoms with Crippen molar-refractivity contribution in [1.82, 2.24) is 0 Å². The third-order valence-corrected chi connectivity index (χ3v) is 4.31. The minimum Gasteiger partial charge on any atom is -0.211 e. The number of rotatable bonds is 7. The van der Waals surface area contributed by atoms with Crippen LogP contribution in [0.1, 0.15) is 25.0 Å². The van der Waals surface area contributed by atoms with Crippen LogP contribution in [0, 0.1) is 11.8 Å². The van der Waals surface area contributed by atoms with Crippen molar-refractivity contribution in [3.63, 3.8) is 0 Å². The minimum absolute atomic E-state index is 0.512. The Morgan fingerprint density at radius 3 is 1.33 bits per heavy atom. The molecule has 4 heteroatoms. The van der Waals surface area contributed by atoms with Crippen molar-refractivity contribution >= 4 is 23.5 Å². The maximum Gasteiger partial charge on any atom is 0.240 e. The first kappa shape index (κ1) is 17.6. The molecule has 0 aliphatic heterocycles. The summed E-state index contributed by atoms with van der Waals surface area (Å²) >= 11 is 0. The number of carbonyl (C=O) groups excluding carboxylic acids is 2. The fourth-order valence-electron chi connectivity index (χ4n) is 2.66. The van der Waals surface area contributed by atoms with Gasteiger partial charge in [0.1, 0.15) is 0 Å². The molecule has 0 saturated heterocycles. The molecule has 2 atom stereocenters. The van der Waals surface area contributed by atoms with Crippen LogP contribution in [0.4, 0.5) is 11.4 Å². The van der Waals surface area contributed by atoms with Crippen molar-refractivity contribution in [2.45, 2.75) is 26.7 Å². The second-order valence-electron chi connectivity index (χ2n) is 6.10. The van der Waals surface area contributed by atoms with Gasteiger partial charge in [0, 0.05) is 0 Å². The smallest absolute Gasteiger partial charge is 0.211 e. The number of isocyanates is 2. The van der Waals surface area contributed by atoms with Gasteiger partial charge < -0.3 is 0 Å². The Bertz CT molecular complexity index is 686. The molecule has 0 heterocycles. The lowest BCUT2D eigenvalue weighted by molar-refractivity contribution is 0.383. The van der Waals surface area contributed by atoms with Gasteiger partial charge in [-0.25, -0.2) is 9.59 Å². The van der Waals surface area contributed by atoms with E-state index in [4.69, 9.17) is 0 Å². The van der Waals surface area contributed by atoms with Gasteiger partial charge in [-0.1, -0.05) is 38.1 Å². The van der Waals surface area contributed by atoms with Crippen LogP contribution in [-0.4, -0.2) is 12.2 Å². The van der Waals surface area contributed by atoms with E-state index in [1.54, 1.807) is 12.2 Å².